The van der Waals surface area contributed by atoms with E-state index in [-0.39, 0.29) is 17.2 Å². The number of carboxylic acid groups (broad SMARTS) is 1. The Labute approximate surface area is 160 Å². The molecule has 2 N–H and O–H groups in total. The summed E-state index contributed by atoms with van der Waals surface area (Å²) in [4.78, 5) is 41.8. The molecule has 1 saturated heterocycles. The number of nitrogens with one attached hydrogen (secondary N) is 1. The maximum atomic E-state index is 12.8. The Morgan fingerprint density at radius 3 is 2.63 bits per heavy atom. The molecule has 0 radical (unpaired) electrons. The number of amides is 2. The second-order valence-corrected chi connectivity index (χ2v) is 7.30. The number of hydrogen-bond acceptors (Lipinski definition) is 5. The minimum Gasteiger partial charge on any atom is -0.477 e. The summed E-state index contributed by atoms with van der Waals surface area (Å²) >= 11 is 1.83. The summed E-state index contributed by atoms with van der Waals surface area (Å²) in [6, 6.07) is 7.86. The number of carbonyl (C=O) groups excluding carboxylic acids is 2. The zero-order valence-electron chi connectivity index (χ0n) is 14.8. The van der Waals surface area contributed by atoms with Gasteiger partial charge in [0.1, 0.15) is 5.69 Å². The largest absolute Gasteiger partial charge is 0.477 e. The van der Waals surface area contributed by atoms with E-state index in [4.69, 9.17) is 5.11 Å². The van der Waals surface area contributed by atoms with Crippen LogP contribution in [0.4, 0.5) is 5.69 Å². The van der Waals surface area contributed by atoms with E-state index < -0.39 is 11.9 Å². The SMILES string of the molecule is Cc1c(NC(=O)c2ccnc(C(=O)O)c2)cccc1C(=O)N1CCSCC1. The Morgan fingerprint density at radius 1 is 1.19 bits per heavy atom. The van der Waals surface area contributed by atoms with Gasteiger partial charge in [0.25, 0.3) is 11.8 Å². The maximum Gasteiger partial charge on any atom is 0.354 e. The van der Waals surface area contributed by atoms with Crippen molar-refractivity contribution in [3.05, 3.63) is 58.9 Å². The number of aromatic nitrogens is 1. The number of hydrogen-bond donors (Lipinski definition) is 2. The van der Waals surface area contributed by atoms with Crippen molar-refractivity contribution in [2.45, 2.75) is 6.92 Å². The standard InChI is InChI=1S/C19H19N3O4S/c1-12-14(18(24)22-7-9-27-10-8-22)3-2-4-15(12)21-17(23)13-5-6-20-16(11-13)19(25)26/h2-6,11H,7-10H2,1H3,(H,21,23)(H,25,26). The molecule has 2 amide bonds. The van der Waals surface area contributed by atoms with Crippen LogP contribution in [0.5, 0.6) is 0 Å². The molecule has 1 aromatic heterocycles. The average molecular weight is 385 g/mol. The number of anilines is 1. The van der Waals surface area contributed by atoms with Gasteiger partial charge >= 0.3 is 5.97 Å². The highest BCUT2D eigenvalue weighted by Crippen LogP contribution is 2.22. The highest BCUT2D eigenvalue weighted by Gasteiger charge is 2.21. The number of rotatable bonds is 4. The van der Waals surface area contributed by atoms with Crippen molar-refractivity contribution in [2.75, 3.05) is 29.9 Å². The molecule has 0 saturated carbocycles. The van der Waals surface area contributed by atoms with Crippen molar-refractivity contribution >= 4 is 35.2 Å². The molecule has 0 aliphatic carbocycles. The molecule has 0 atom stereocenters. The molecule has 1 fully saturated rings. The molecule has 1 aromatic carbocycles. The van der Waals surface area contributed by atoms with Crippen LogP contribution in [0.15, 0.2) is 36.5 Å². The van der Waals surface area contributed by atoms with Crippen LogP contribution in [-0.4, -0.2) is 57.4 Å². The van der Waals surface area contributed by atoms with Crippen LogP contribution >= 0.6 is 11.8 Å². The molecular formula is C19H19N3O4S. The fourth-order valence-corrected chi connectivity index (χ4v) is 3.73. The van der Waals surface area contributed by atoms with Crippen molar-refractivity contribution in [1.29, 1.82) is 0 Å². The van der Waals surface area contributed by atoms with Gasteiger partial charge in [-0.2, -0.15) is 11.8 Å². The Bertz CT molecular complexity index is 894. The first-order valence-electron chi connectivity index (χ1n) is 8.44. The van der Waals surface area contributed by atoms with E-state index in [2.05, 4.69) is 10.3 Å². The number of benzene rings is 1. The summed E-state index contributed by atoms with van der Waals surface area (Å²) in [7, 11) is 0. The van der Waals surface area contributed by atoms with E-state index in [1.54, 1.807) is 25.1 Å². The second kappa shape index (κ2) is 8.22. The first kappa shape index (κ1) is 18.9. The van der Waals surface area contributed by atoms with E-state index in [0.29, 0.717) is 29.9 Å². The summed E-state index contributed by atoms with van der Waals surface area (Å²) in [6.07, 6.45) is 1.28. The maximum absolute atomic E-state index is 12.8. The summed E-state index contributed by atoms with van der Waals surface area (Å²) in [5.41, 5.74) is 1.74. The van der Waals surface area contributed by atoms with Crippen LogP contribution < -0.4 is 5.32 Å². The van der Waals surface area contributed by atoms with Gasteiger partial charge in [0.05, 0.1) is 0 Å². The third-order valence-electron chi connectivity index (χ3n) is 4.35. The molecule has 0 bridgehead atoms. The number of thioether (sulfide) groups is 1. The lowest BCUT2D eigenvalue weighted by molar-refractivity contribution is 0.0689. The highest BCUT2D eigenvalue weighted by molar-refractivity contribution is 7.99. The first-order valence-corrected chi connectivity index (χ1v) is 9.60. The first-order chi connectivity index (χ1) is 13.0. The Hall–Kier alpha value is -2.87. The normalized spacial score (nSPS) is 13.9. The lowest BCUT2D eigenvalue weighted by atomic mass is 10.0. The van der Waals surface area contributed by atoms with Crippen LogP contribution in [0, 0.1) is 6.92 Å². The smallest absolute Gasteiger partial charge is 0.354 e. The Kier molecular flexibility index (Phi) is 5.75. The van der Waals surface area contributed by atoms with Crippen molar-refractivity contribution in [2.24, 2.45) is 0 Å². The molecule has 140 valence electrons. The van der Waals surface area contributed by atoms with Crippen LogP contribution in [0.2, 0.25) is 0 Å². The zero-order chi connectivity index (χ0) is 19.4. The Balaban J connectivity index is 1.81. The minimum atomic E-state index is -1.20. The minimum absolute atomic E-state index is 0.0408. The lowest BCUT2D eigenvalue weighted by Crippen LogP contribution is -2.38. The van der Waals surface area contributed by atoms with Gasteiger partial charge in [0.2, 0.25) is 0 Å². The lowest BCUT2D eigenvalue weighted by Gasteiger charge is -2.27. The van der Waals surface area contributed by atoms with Gasteiger partial charge in [0.15, 0.2) is 0 Å². The van der Waals surface area contributed by atoms with Crippen LogP contribution in [0.25, 0.3) is 0 Å². The van der Waals surface area contributed by atoms with E-state index >= 15 is 0 Å². The van der Waals surface area contributed by atoms with E-state index in [9.17, 15) is 14.4 Å². The van der Waals surface area contributed by atoms with Crippen LogP contribution in [-0.2, 0) is 0 Å². The van der Waals surface area contributed by atoms with Crippen molar-refractivity contribution in [3.63, 3.8) is 0 Å². The third kappa shape index (κ3) is 4.28. The molecule has 8 heteroatoms. The molecule has 2 aromatic rings. The number of aromatic carboxylic acids is 1. The second-order valence-electron chi connectivity index (χ2n) is 6.07. The molecule has 1 aliphatic rings. The molecule has 1 aliphatic heterocycles. The molecule has 3 rings (SSSR count). The average Bonchev–Trinajstić information content (AvgIpc) is 2.69. The Morgan fingerprint density at radius 2 is 1.93 bits per heavy atom. The summed E-state index contributed by atoms with van der Waals surface area (Å²) in [5.74, 6) is 0.153. The number of carboxylic acids is 1. The fraction of sp³-hybridized carbons (Fsp3) is 0.263. The van der Waals surface area contributed by atoms with Gasteiger partial charge in [0, 0.05) is 47.6 Å². The highest BCUT2D eigenvalue weighted by atomic mass is 32.2. The molecule has 7 nitrogen and oxygen atoms in total. The van der Waals surface area contributed by atoms with Gasteiger partial charge in [-0.3, -0.25) is 9.59 Å². The quantitative estimate of drug-likeness (QED) is 0.839. The zero-order valence-corrected chi connectivity index (χ0v) is 15.6. The fourth-order valence-electron chi connectivity index (χ4n) is 2.82. The van der Waals surface area contributed by atoms with E-state index in [0.717, 1.165) is 11.5 Å². The number of pyridine rings is 1. The molecule has 2 heterocycles. The van der Waals surface area contributed by atoms with Gasteiger partial charge < -0.3 is 15.3 Å². The van der Waals surface area contributed by atoms with Crippen molar-refractivity contribution in [1.82, 2.24) is 9.88 Å². The van der Waals surface area contributed by atoms with E-state index in [1.807, 2.05) is 16.7 Å². The van der Waals surface area contributed by atoms with Crippen LogP contribution in [0.1, 0.15) is 36.8 Å². The predicted molar refractivity (Wildman–Crippen MR) is 104 cm³/mol. The third-order valence-corrected chi connectivity index (χ3v) is 5.29. The topological polar surface area (TPSA) is 99.6 Å². The molecule has 0 unspecified atom stereocenters. The number of carbonyl (C=O) groups is 3. The molecule has 27 heavy (non-hydrogen) atoms. The number of nitrogens with zero attached hydrogens (tertiary/aromatic N) is 2. The summed E-state index contributed by atoms with van der Waals surface area (Å²) < 4.78 is 0. The molecular weight excluding hydrogens is 366 g/mol. The van der Waals surface area contributed by atoms with Crippen LogP contribution in [0.3, 0.4) is 0 Å². The van der Waals surface area contributed by atoms with E-state index in [1.165, 1.54) is 18.3 Å². The monoisotopic (exact) mass is 385 g/mol. The van der Waals surface area contributed by atoms with Gasteiger partial charge in [-0.25, -0.2) is 9.78 Å². The van der Waals surface area contributed by atoms with Gasteiger partial charge in [-0.1, -0.05) is 6.07 Å². The predicted octanol–water partition coefficient (Wildman–Crippen LogP) is 2.53. The summed E-state index contributed by atoms with van der Waals surface area (Å²) in [6.45, 7) is 3.22. The van der Waals surface area contributed by atoms with Crippen molar-refractivity contribution in [3.8, 4) is 0 Å². The molecule has 0 spiro atoms. The summed E-state index contributed by atoms with van der Waals surface area (Å²) in [5, 5.41) is 11.8. The van der Waals surface area contributed by atoms with Gasteiger partial charge in [-0.15, -0.1) is 0 Å². The van der Waals surface area contributed by atoms with Crippen molar-refractivity contribution < 1.29 is 19.5 Å². The van der Waals surface area contributed by atoms with Gasteiger partial charge in [-0.05, 0) is 36.8 Å².